The zero-order valence-electron chi connectivity index (χ0n) is 15.4. The fraction of sp³-hybridized carbons (Fsp3) is 0.381. The first-order chi connectivity index (χ1) is 12.5. The monoisotopic (exact) mass is 354 g/mol. The maximum absolute atomic E-state index is 12.9. The van der Waals surface area contributed by atoms with Crippen LogP contribution >= 0.6 is 0 Å². The highest BCUT2D eigenvalue weighted by atomic mass is 16.7. The van der Waals surface area contributed by atoms with E-state index in [4.69, 9.17) is 18.9 Å². The van der Waals surface area contributed by atoms with Crippen LogP contribution in [0, 0.1) is 11.8 Å². The largest absolute Gasteiger partial charge is 0.493 e. The van der Waals surface area contributed by atoms with E-state index in [0.717, 1.165) is 22.6 Å². The fourth-order valence-electron chi connectivity index (χ4n) is 4.01. The molecule has 1 heterocycles. The van der Waals surface area contributed by atoms with Crippen LogP contribution < -0.4 is 18.9 Å². The van der Waals surface area contributed by atoms with Crippen LogP contribution in [-0.4, -0.2) is 26.8 Å². The van der Waals surface area contributed by atoms with E-state index in [1.54, 1.807) is 20.3 Å². The predicted molar refractivity (Wildman–Crippen MR) is 96.6 cm³/mol. The smallest absolute Gasteiger partial charge is 0.231 e. The van der Waals surface area contributed by atoms with Crippen LogP contribution in [0.25, 0.3) is 0 Å². The van der Waals surface area contributed by atoms with Crippen molar-refractivity contribution in [2.24, 2.45) is 11.8 Å². The van der Waals surface area contributed by atoms with Crippen molar-refractivity contribution in [2.75, 3.05) is 21.0 Å². The van der Waals surface area contributed by atoms with Crippen molar-refractivity contribution in [2.45, 2.75) is 19.8 Å². The van der Waals surface area contributed by atoms with Crippen molar-refractivity contribution < 1.29 is 23.7 Å². The molecule has 0 saturated heterocycles. The Kier molecular flexibility index (Phi) is 4.02. The van der Waals surface area contributed by atoms with Crippen LogP contribution in [0.2, 0.25) is 0 Å². The minimum atomic E-state index is -0.0870. The molecule has 0 N–H and O–H groups in total. The Morgan fingerprint density at radius 2 is 1.65 bits per heavy atom. The molecule has 2 aromatic carbocycles. The topological polar surface area (TPSA) is 54.0 Å². The number of hydrogen-bond donors (Lipinski definition) is 0. The number of Topliss-reactive ketones (excluding diaryl/α,β-unsaturated/α-hetero) is 1. The number of ketones is 1. The summed E-state index contributed by atoms with van der Waals surface area (Å²) < 4.78 is 21.9. The van der Waals surface area contributed by atoms with Gasteiger partial charge in [0.05, 0.1) is 14.2 Å². The Labute approximate surface area is 152 Å². The molecule has 136 valence electrons. The van der Waals surface area contributed by atoms with Crippen molar-refractivity contribution in [3.63, 3.8) is 0 Å². The SMILES string of the molecule is COc1cc2c(cc1OC)[C@@H](c1ccc3c(c1)OCO3)[C@H](C)[C@@H](C)C2=O. The van der Waals surface area contributed by atoms with Crippen molar-refractivity contribution >= 4 is 5.78 Å². The molecule has 5 heteroatoms. The number of methoxy groups -OCH3 is 2. The highest BCUT2D eigenvalue weighted by molar-refractivity contribution is 6.01. The van der Waals surface area contributed by atoms with Crippen molar-refractivity contribution in [1.82, 2.24) is 0 Å². The minimum absolute atomic E-state index is 0.0620. The van der Waals surface area contributed by atoms with Crippen LogP contribution in [0.3, 0.4) is 0 Å². The molecule has 5 nitrogen and oxygen atoms in total. The molecule has 0 radical (unpaired) electrons. The molecule has 1 aliphatic heterocycles. The first kappa shape index (κ1) is 16.8. The lowest BCUT2D eigenvalue weighted by molar-refractivity contribution is 0.0865. The molecular weight excluding hydrogens is 332 g/mol. The van der Waals surface area contributed by atoms with E-state index >= 15 is 0 Å². The van der Waals surface area contributed by atoms with Gasteiger partial charge in [0.1, 0.15) is 0 Å². The quantitative estimate of drug-likeness (QED) is 0.833. The van der Waals surface area contributed by atoms with Crippen LogP contribution in [0.1, 0.15) is 41.3 Å². The summed E-state index contributed by atoms with van der Waals surface area (Å²) in [5, 5.41) is 0. The van der Waals surface area contributed by atoms with Crippen LogP contribution in [0.4, 0.5) is 0 Å². The molecule has 0 amide bonds. The zero-order valence-corrected chi connectivity index (χ0v) is 15.4. The molecule has 4 rings (SSSR count). The van der Waals surface area contributed by atoms with Gasteiger partial charge < -0.3 is 18.9 Å². The number of fused-ring (bicyclic) bond motifs is 2. The number of benzene rings is 2. The van der Waals surface area contributed by atoms with Crippen molar-refractivity contribution in [3.8, 4) is 23.0 Å². The van der Waals surface area contributed by atoms with Gasteiger partial charge in [-0.25, -0.2) is 0 Å². The summed E-state index contributed by atoms with van der Waals surface area (Å²) in [6.45, 7) is 4.36. The lowest BCUT2D eigenvalue weighted by atomic mass is 9.67. The molecule has 0 bridgehead atoms. The third-order valence-corrected chi connectivity index (χ3v) is 5.64. The zero-order chi connectivity index (χ0) is 18.4. The van der Waals surface area contributed by atoms with Gasteiger partial charge in [-0.05, 0) is 41.3 Å². The molecule has 26 heavy (non-hydrogen) atoms. The average molecular weight is 354 g/mol. The second kappa shape index (κ2) is 6.24. The maximum Gasteiger partial charge on any atom is 0.231 e. The molecule has 0 saturated carbocycles. The second-order valence-corrected chi connectivity index (χ2v) is 6.90. The van der Waals surface area contributed by atoms with Gasteiger partial charge in [-0.3, -0.25) is 4.79 Å². The molecule has 2 aliphatic rings. The van der Waals surface area contributed by atoms with E-state index in [1.807, 2.05) is 25.1 Å². The van der Waals surface area contributed by atoms with Gasteiger partial charge >= 0.3 is 0 Å². The van der Waals surface area contributed by atoms with Gasteiger partial charge in [0.15, 0.2) is 28.8 Å². The van der Waals surface area contributed by atoms with Gasteiger partial charge in [-0.1, -0.05) is 19.9 Å². The summed E-state index contributed by atoms with van der Waals surface area (Å²) in [7, 11) is 3.19. The summed E-state index contributed by atoms with van der Waals surface area (Å²) in [6.07, 6.45) is 0. The maximum atomic E-state index is 12.9. The lowest BCUT2D eigenvalue weighted by Crippen LogP contribution is -2.32. The van der Waals surface area contributed by atoms with Gasteiger partial charge in [0, 0.05) is 17.4 Å². The Hall–Kier alpha value is -2.69. The van der Waals surface area contributed by atoms with E-state index in [2.05, 4.69) is 13.0 Å². The normalized spacial score (nSPS) is 23.5. The first-order valence-corrected chi connectivity index (χ1v) is 8.74. The Morgan fingerprint density at radius 3 is 2.38 bits per heavy atom. The second-order valence-electron chi connectivity index (χ2n) is 6.90. The number of ether oxygens (including phenoxy) is 4. The lowest BCUT2D eigenvalue weighted by Gasteiger charge is -2.36. The minimum Gasteiger partial charge on any atom is -0.493 e. The number of carbonyl (C=O) groups excluding carboxylic acids is 1. The average Bonchev–Trinajstić information content (AvgIpc) is 3.13. The van der Waals surface area contributed by atoms with Crippen LogP contribution in [-0.2, 0) is 0 Å². The molecule has 2 aromatic rings. The van der Waals surface area contributed by atoms with Gasteiger partial charge in [0.25, 0.3) is 0 Å². The molecule has 0 aromatic heterocycles. The van der Waals surface area contributed by atoms with Gasteiger partial charge in [-0.15, -0.1) is 0 Å². The summed E-state index contributed by atoms with van der Waals surface area (Å²) in [4.78, 5) is 12.9. The summed E-state index contributed by atoms with van der Waals surface area (Å²) in [5.41, 5.74) is 2.78. The first-order valence-electron chi connectivity index (χ1n) is 8.74. The Balaban J connectivity index is 1.90. The highest BCUT2D eigenvalue weighted by Crippen LogP contribution is 2.48. The fourth-order valence-corrected chi connectivity index (χ4v) is 4.01. The summed E-state index contributed by atoms with van der Waals surface area (Å²) >= 11 is 0. The molecular formula is C21H22O5. The number of hydrogen-bond acceptors (Lipinski definition) is 5. The molecule has 0 fully saturated rings. The van der Waals surface area contributed by atoms with Gasteiger partial charge in [0.2, 0.25) is 6.79 Å². The molecule has 3 atom stereocenters. The molecule has 1 aliphatic carbocycles. The third kappa shape index (κ3) is 2.42. The van der Waals surface area contributed by atoms with Crippen LogP contribution in [0.5, 0.6) is 23.0 Å². The predicted octanol–water partition coefficient (Wildman–Crippen LogP) is 4.03. The number of rotatable bonds is 3. The molecule has 0 spiro atoms. The van der Waals surface area contributed by atoms with E-state index < -0.39 is 0 Å². The number of carbonyl (C=O) groups is 1. The Bertz CT molecular complexity index is 873. The van der Waals surface area contributed by atoms with Gasteiger partial charge in [-0.2, -0.15) is 0 Å². The Morgan fingerprint density at radius 1 is 0.962 bits per heavy atom. The van der Waals surface area contributed by atoms with Crippen molar-refractivity contribution in [3.05, 3.63) is 47.0 Å². The van der Waals surface area contributed by atoms with Crippen molar-refractivity contribution in [1.29, 1.82) is 0 Å². The summed E-state index contributed by atoms with van der Waals surface area (Å²) in [5.74, 6) is 2.98. The highest BCUT2D eigenvalue weighted by Gasteiger charge is 2.39. The van der Waals surface area contributed by atoms with Crippen LogP contribution in [0.15, 0.2) is 30.3 Å². The van der Waals surface area contributed by atoms with E-state index in [1.165, 1.54) is 0 Å². The summed E-state index contributed by atoms with van der Waals surface area (Å²) in [6, 6.07) is 9.75. The third-order valence-electron chi connectivity index (χ3n) is 5.64. The van der Waals surface area contributed by atoms with E-state index in [-0.39, 0.29) is 30.3 Å². The van der Waals surface area contributed by atoms with E-state index in [0.29, 0.717) is 17.1 Å². The molecule has 0 unspecified atom stereocenters. The standard InChI is InChI=1S/C21H22O5/c1-11-12(2)21(22)15-9-18(24-4)17(23-3)8-14(15)20(11)13-5-6-16-19(7-13)26-10-25-16/h5-9,11-12,20H,10H2,1-4H3/t11-,12-,20-/m1/s1. The van der Waals surface area contributed by atoms with E-state index in [9.17, 15) is 4.79 Å².